The first-order valence-electron chi connectivity index (χ1n) is 9.98. The number of carbonyl (C=O) groups is 2. The van der Waals surface area contributed by atoms with Crippen LogP contribution in [0.5, 0.6) is 0 Å². The Kier molecular flexibility index (Phi) is 7.17. The molecule has 1 N–H and O–H groups in total. The maximum Gasteiger partial charge on any atom is 0.247 e. The normalized spacial score (nSPS) is 11.8. The van der Waals surface area contributed by atoms with Gasteiger partial charge in [-0.05, 0) is 41.8 Å². The number of amides is 2. The Balaban J connectivity index is 1.87. The largest absolute Gasteiger partial charge is 0.328 e. The van der Waals surface area contributed by atoms with Crippen LogP contribution in [0.1, 0.15) is 36.6 Å². The molecule has 4 nitrogen and oxygen atoms in total. The molecule has 152 valence electrons. The van der Waals surface area contributed by atoms with Gasteiger partial charge >= 0.3 is 0 Å². The fourth-order valence-electron chi connectivity index (χ4n) is 3.27. The minimum absolute atomic E-state index is 0.0693. The summed E-state index contributed by atoms with van der Waals surface area (Å²) in [5.74, 6) is -0.192. The molecule has 0 saturated heterocycles. The van der Waals surface area contributed by atoms with Gasteiger partial charge in [0.2, 0.25) is 11.8 Å². The van der Waals surface area contributed by atoms with Gasteiger partial charge in [0.15, 0.2) is 0 Å². The molecule has 0 radical (unpaired) electrons. The van der Waals surface area contributed by atoms with E-state index in [0.29, 0.717) is 6.54 Å². The molecule has 0 bridgehead atoms. The molecular weight excluding hydrogens is 372 g/mol. The highest BCUT2D eigenvalue weighted by Gasteiger charge is 2.20. The Morgan fingerprint density at radius 3 is 2.27 bits per heavy atom. The molecule has 0 spiro atoms. The second-order valence-electron chi connectivity index (χ2n) is 7.18. The molecule has 2 amide bonds. The molecular formula is C26H26N2O2. The average Bonchev–Trinajstić information content (AvgIpc) is 2.76. The van der Waals surface area contributed by atoms with Gasteiger partial charge in [0, 0.05) is 25.2 Å². The Morgan fingerprint density at radius 2 is 1.60 bits per heavy atom. The maximum atomic E-state index is 13.2. The van der Waals surface area contributed by atoms with Gasteiger partial charge in [0.05, 0.1) is 6.04 Å². The van der Waals surface area contributed by atoms with Crippen molar-refractivity contribution < 1.29 is 9.59 Å². The molecule has 0 fully saturated rings. The van der Waals surface area contributed by atoms with Crippen molar-refractivity contribution >= 4 is 23.6 Å². The van der Waals surface area contributed by atoms with Crippen molar-refractivity contribution in [2.75, 3.05) is 5.32 Å². The summed E-state index contributed by atoms with van der Waals surface area (Å²) in [5.41, 5.74) is 3.71. The van der Waals surface area contributed by atoms with Crippen molar-refractivity contribution in [3.8, 4) is 0 Å². The third-order valence-corrected chi connectivity index (χ3v) is 4.85. The van der Waals surface area contributed by atoms with Crippen LogP contribution in [-0.2, 0) is 16.1 Å². The Hall–Kier alpha value is -3.66. The summed E-state index contributed by atoms with van der Waals surface area (Å²) in [7, 11) is 0. The summed E-state index contributed by atoms with van der Waals surface area (Å²) in [6.07, 6.45) is 3.45. The molecule has 1 atom stereocenters. The van der Waals surface area contributed by atoms with Crippen molar-refractivity contribution in [3.05, 3.63) is 108 Å². The van der Waals surface area contributed by atoms with Crippen LogP contribution in [0.3, 0.4) is 0 Å². The quantitative estimate of drug-likeness (QED) is 0.538. The van der Waals surface area contributed by atoms with E-state index in [2.05, 4.69) is 5.32 Å². The number of hydrogen-bond donors (Lipinski definition) is 1. The Bertz CT molecular complexity index is 1010. The lowest BCUT2D eigenvalue weighted by Gasteiger charge is -2.29. The van der Waals surface area contributed by atoms with Crippen LogP contribution in [-0.4, -0.2) is 16.7 Å². The van der Waals surface area contributed by atoms with E-state index in [9.17, 15) is 9.59 Å². The van der Waals surface area contributed by atoms with Gasteiger partial charge in [0.1, 0.15) is 0 Å². The monoisotopic (exact) mass is 398 g/mol. The van der Waals surface area contributed by atoms with Gasteiger partial charge in [-0.2, -0.15) is 0 Å². The van der Waals surface area contributed by atoms with Crippen LogP contribution in [0.15, 0.2) is 91.0 Å². The number of nitrogens with zero attached hydrogens (tertiary/aromatic N) is 1. The number of carbonyl (C=O) groups excluding carboxylic acids is 2. The molecule has 0 saturated carbocycles. The van der Waals surface area contributed by atoms with Crippen LogP contribution in [0.2, 0.25) is 0 Å². The van der Waals surface area contributed by atoms with E-state index in [4.69, 9.17) is 0 Å². The SMILES string of the molecule is CC(=O)Nc1cccc(C(C)N(Cc2ccccc2)C(=O)C=Cc2ccccc2)c1. The third kappa shape index (κ3) is 5.92. The fraction of sp³-hybridized carbons (Fsp3) is 0.154. The summed E-state index contributed by atoms with van der Waals surface area (Å²) < 4.78 is 0. The van der Waals surface area contributed by atoms with E-state index in [1.807, 2.05) is 103 Å². The maximum absolute atomic E-state index is 13.2. The van der Waals surface area contributed by atoms with Crippen molar-refractivity contribution in [2.24, 2.45) is 0 Å². The summed E-state index contributed by atoms with van der Waals surface area (Å²) in [6.45, 7) is 3.98. The second kappa shape index (κ2) is 10.2. The average molecular weight is 399 g/mol. The van der Waals surface area contributed by atoms with Gasteiger partial charge in [-0.15, -0.1) is 0 Å². The number of benzene rings is 3. The van der Waals surface area contributed by atoms with Crippen molar-refractivity contribution in [1.29, 1.82) is 0 Å². The predicted octanol–water partition coefficient (Wildman–Crippen LogP) is 5.45. The van der Waals surface area contributed by atoms with Crippen molar-refractivity contribution in [3.63, 3.8) is 0 Å². The van der Waals surface area contributed by atoms with E-state index in [0.717, 1.165) is 22.4 Å². The summed E-state index contributed by atoms with van der Waals surface area (Å²) in [5, 5.41) is 2.81. The van der Waals surface area contributed by atoms with Crippen molar-refractivity contribution in [1.82, 2.24) is 4.90 Å². The van der Waals surface area contributed by atoms with Crippen LogP contribution in [0.25, 0.3) is 6.08 Å². The molecule has 4 heteroatoms. The first-order chi connectivity index (χ1) is 14.5. The predicted molar refractivity (Wildman–Crippen MR) is 122 cm³/mol. The minimum atomic E-state index is -0.174. The van der Waals surface area contributed by atoms with Gasteiger partial charge in [0.25, 0.3) is 0 Å². The molecule has 0 heterocycles. The first-order valence-corrected chi connectivity index (χ1v) is 9.98. The van der Waals surface area contributed by atoms with Crippen LogP contribution >= 0.6 is 0 Å². The van der Waals surface area contributed by atoms with Crippen LogP contribution < -0.4 is 5.32 Å². The standard InChI is InChI=1S/C26H26N2O2/c1-20(24-14-9-15-25(18-24)27-21(2)29)28(19-23-12-7-4-8-13-23)26(30)17-16-22-10-5-3-6-11-22/h3-18,20H,19H2,1-2H3,(H,27,29). The number of nitrogens with one attached hydrogen (secondary N) is 1. The first kappa shape index (κ1) is 21.1. The smallest absolute Gasteiger partial charge is 0.247 e. The Labute approximate surface area is 177 Å². The second-order valence-corrected chi connectivity index (χ2v) is 7.18. The highest BCUT2D eigenvalue weighted by Crippen LogP contribution is 2.25. The lowest BCUT2D eigenvalue weighted by molar-refractivity contribution is -0.128. The van der Waals surface area contributed by atoms with E-state index in [-0.39, 0.29) is 17.9 Å². The fourth-order valence-corrected chi connectivity index (χ4v) is 3.27. The van der Waals surface area contributed by atoms with Gasteiger partial charge in [-0.25, -0.2) is 0 Å². The number of anilines is 1. The van der Waals surface area contributed by atoms with Crippen LogP contribution in [0, 0.1) is 0 Å². The summed E-state index contributed by atoms with van der Waals surface area (Å²) >= 11 is 0. The molecule has 3 rings (SSSR count). The van der Waals surface area contributed by atoms with E-state index in [1.54, 1.807) is 6.08 Å². The summed E-state index contributed by atoms with van der Waals surface area (Å²) in [4.78, 5) is 26.4. The highest BCUT2D eigenvalue weighted by atomic mass is 16.2. The molecule has 3 aromatic carbocycles. The Morgan fingerprint density at radius 1 is 0.933 bits per heavy atom. The van der Waals surface area contributed by atoms with Gasteiger partial charge < -0.3 is 10.2 Å². The lowest BCUT2D eigenvalue weighted by Crippen LogP contribution is -2.31. The zero-order chi connectivity index (χ0) is 21.3. The van der Waals surface area contributed by atoms with Gasteiger partial charge in [-0.1, -0.05) is 72.8 Å². The number of hydrogen-bond acceptors (Lipinski definition) is 2. The minimum Gasteiger partial charge on any atom is -0.328 e. The molecule has 0 aliphatic heterocycles. The zero-order valence-electron chi connectivity index (χ0n) is 17.3. The number of rotatable bonds is 7. The highest BCUT2D eigenvalue weighted by molar-refractivity contribution is 5.92. The van der Waals surface area contributed by atoms with Crippen molar-refractivity contribution in [2.45, 2.75) is 26.4 Å². The molecule has 0 aliphatic carbocycles. The molecule has 30 heavy (non-hydrogen) atoms. The van der Waals surface area contributed by atoms with E-state index < -0.39 is 0 Å². The zero-order valence-corrected chi connectivity index (χ0v) is 17.3. The van der Waals surface area contributed by atoms with Gasteiger partial charge in [-0.3, -0.25) is 9.59 Å². The molecule has 0 aromatic heterocycles. The molecule has 3 aromatic rings. The topological polar surface area (TPSA) is 49.4 Å². The molecule has 1 unspecified atom stereocenters. The summed E-state index contributed by atoms with van der Waals surface area (Å²) in [6, 6.07) is 27.2. The third-order valence-electron chi connectivity index (χ3n) is 4.85. The molecule has 0 aliphatic rings. The van der Waals surface area contributed by atoms with E-state index >= 15 is 0 Å². The van der Waals surface area contributed by atoms with E-state index in [1.165, 1.54) is 6.92 Å². The van der Waals surface area contributed by atoms with Crippen LogP contribution in [0.4, 0.5) is 5.69 Å². The lowest BCUT2D eigenvalue weighted by atomic mass is 10.0.